The largest absolute Gasteiger partial charge is 0.342 e. The molecule has 0 atom stereocenters. The summed E-state index contributed by atoms with van der Waals surface area (Å²) in [6.07, 6.45) is 3.92. The van der Waals surface area contributed by atoms with Gasteiger partial charge in [0.2, 0.25) is 5.91 Å². The van der Waals surface area contributed by atoms with E-state index in [9.17, 15) is 14.4 Å². The van der Waals surface area contributed by atoms with Gasteiger partial charge in [0.15, 0.2) is 0 Å². The van der Waals surface area contributed by atoms with Gasteiger partial charge in [-0.05, 0) is 12.0 Å². The second kappa shape index (κ2) is 7.58. The molecule has 0 radical (unpaired) electrons. The van der Waals surface area contributed by atoms with Gasteiger partial charge in [0.1, 0.15) is 5.69 Å². The lowest BCUT2D eigenvalue weighted by molar-refractivity contribution is -0.121. The van der Waals surface area contributed by atoms with Crippen molar-refractivity contribution < 1.29 is 4.79 Å². The molecule has 2 aromatic rings. The number of H-pyrrole nitrogens is 2. The maximum absolute atomic E-state index is 11.6. The molecule has 0 saturated heterocycles. The van der Waals surface area contributed by atoms with Crippen LogP contribution in [-0.4, -0.2) is 21.1 Å². The lowest BCUT2D eigenvalue weighted by atomic mass is 10.1. The molecule has 0 fully saturated rings. The van der Waals surface area contributed by atoms with Crippen LogP contribution in [0.15, 0.2) is 52.2 Å². The number of hydrogen-bond acceptors (Lipinski definition) is 5. The Hall–Kier alpha value is -3.16. The van der Waals surface area contributed by atoms with Crippen molar-refractivity contribution in [2.45, 2.75) is 12.8 Å². The van der Waals surface area contributed by atoms with E-state index in [1.165, 1.54) is 0 Å². The van der Waals surface area contributed by atoms with Crippen molar-refractivity contribution >= 4 is 5.91 Å². The van der Waals surface area contributed by atoms with Crippen LogP contribution in [0.25, 0.3) is 0 Å². The Bertz CT molecular complexity index is 764. The van der Waals surface area contributed by atoms with Crippen molar-refractivity contribution in [3.05, 3.63) is 74.7 Å². The number of amides is 1. The Morgan fingerprint density at radius 2 is 2.00 bits per heavy atom. The smallest absolute Gasteiger partial charge is 0.306 e. The normalized spacial score (nSPS) is 10.5. The first-order valence-electron chi connectivity index (χ1n) is 6.56. The summed E-state index contributed by atoms with van der Waals surface area (Å²) in [5, 5.41) is 5.58. The van der Waals surface area contributed by atoms with Gasteiger partial charge in [0.25, 0.3) is 5.56 Å². The van der Waals surface area contributed by atoms with Gasteiger partial charge in [-0.25, -0.2) is 9.89 Å². The van der Waals surface area contributed by atoms with Gasteiger partial charge >= 0.3 is 5.69 Å². The van der Waals surface area contributed by atoms with E-state index < -0.39 is 17.2 Å². The highest BCUT2D eigenvalue weighted by atomic mass is 16.2. The minimum absolute atomic E-state index is 0.0628. The number of nitrogens with one attached hydrogen (secondary N) is 4. The van der Waals surface area contributed by atoms with Gasteiger partial charge in [0, 0.05) is 6.20 Å². The standard InChI is InChI=1S/C14H15N5O3/c20-12(9-11-13(21)16-14(22)19-17-11)18-15-8-4-7-10-5-2-1-3-6-10/h1-6,8,15H,7,9H2,(H,18,20)(H2,16,19,21,22). The first-order chi connectivity index (χ1) is 10.6. The molecule has 22 heavy (non-hydrogen) atoms. The van der Waals surface area contributed by atoms with Crippen molar-refractivity contribution in [3.63, 3.8) is 0 Å². The van der Waals surface area contributed by atoms with Crippen molar-refractivity contribution in [1.29, 1.82) is 0 Å². The van der Waals surface area contributed by atoms with Gasteiger partial charge in [-0.2, -0.15) is 5.10 Å². The fourth-order valence-electron chi connectivity index (χ4n) is 1.68. The lowest BCUT2D eigenvalue weighted by Crippen LogP contribution is -2.37. The fourth-order valence-corrected chi connectivity index (χ4v) is 1.68. The zero-order valence-electron chi connectivity index (χ0n) is 11.6. The highest BCUT2D eigenvalue weighted by molar-refractivity contribution is 5.77. The lowest BCUT2D eigenvalue weighted by Gasteiger charge is -2.03. The summed E-state index contributed by atoms with van der Waals surface area (Å²) in [6, 6.07) is 9.84. The Balaban J connectivity index is 1.76. The number of benzene rings is 1. The van der Waals surface area contributed by atoms with Crippen LogP contribution in [0.2, 0.25) is 0 Å². The number of hydrazine groups is 1. The van der Waals surface area contributed by atoms with Crippen molar-refractivity contribution in [2.24, 2.45) is 0 Å². The zero-order valence-corrected chi connectivity index (χ0v) is 11.6. The first-order valence-corrected chi connectivity index (χ1v) is 6.56. The van der Waals surface area contributed by atoms with Gasteiger partial charge in [-0.3, -0.25) is 20.0 Å². The molecule has 1 heterocycles. The highest BCUT2D eigenvalue weighted by Gasteiger charge is 2.08. The van der Waals surface area contributed by atoms with Gasteiger partial charge in [0.05, 0.1) is 6.42 Å². The molecule has 0 saturated carbocycles. The predicted octanol–water partition coefficient (Wildman–Crippen LogP) is -0.622. The highest BCUT2D eigenvalue weighted by Crippen LogP contribution is 1.99. The van der Waals surface area contributed by atoms with Crippen LogP contribution < -0.4 is 22.1 Å². The summed E-state index contributed by atoms with van der Waals surface area (Å²) in [5.74, 6) is -0.450. The third-order valence-electron chi connectivity index (χ3n) is 2.72. The van der Waals surface area contributed by atoms with Crippen LogP contribution in [-0.2, 0) is 17.6 Å². The summed E-state index contributed by atoms with van der Waals surface area (Å²) >= 11 is 0. The fraction of sp³-hybridized carbons (Fsp3) is 0.143. The molecule has 8 heteroatoms. The summed E-state index contributed by atoms with van der Waals surface area (Å²) in [5.41, 5.74) is 4.71. The third kappa shape index (κ3) is 4.75. The average Bonchev–Trinajstić information content (AvgIpc) is 2.51. The Labute approximate surface area is 125 Å². The molecule has 0 aliphatic carbocycles. The van der Waals surface area contributed by atoms with E-state index in [-0.39, 0.29) is 12.1 Å². The molecule has 0 unspecified atom stereocenters. The van der Waals surface area contributed by atoms with Gasteiger partial charge in [-0.1, -0.05) is 36.4 Å². The Morgan fingerprint density at radius 3 is 2.73 bits per heavy atom. The molecule has 1 amide bonds. The minimum atomic E-state index is -0.712. The maximum atomic E-state index is 11.6. The van der Waals surface area contributed by atoms with E-state index in [0.717, 1.165) is 12.0 Å². The molecule has 1 aromatic heterocycles. The second-order valence-electron chi connectivity index (χ2n) is 4.41. The molecule has 4 N–H and O–H groups in total. The average molecular weight is 301 g/mol. The minimum Gasteiger partial charge on any atom is -0.306 e. The van der Waals surface area contributed by atoms with E-state index in [0.29, 0.717) is 0 Å². The Morgan fingerprint density at radius 1 is 1.23 bits per heavy atom. The topological polar surface area (TPSA) is 120 Å². The number of rotatable bonds is 6. The summed E-state index contributed by atoms with van der Waals surface area (Å²) in [7, 11) is 0. The van der Waals surface area contributed by atoms with Gasteiger partial charge in [-0.15, -0.1) is 0 Å². The second-order valence-corrected chi connectivity index (χ2v) is 4.41. The van der Waals surface area contributed by atoms with Crippen LogP contribution in [0.5, 0.6) is 0 Å². The molecule has 114 valence electrons. The van der Waals surface area contributed by atoms with E-state index in [1.54, 1.807) is 6.20 Å². The quantitative estimate of drug-likeness (QED) is 0.530. The SMILES string of the molecule is O=C(Cc1n[nH]c(=O)[nH]c1=O)NNC=CCc1ccccc1. The summed E-state index contributed by atoms with van der Waals surface area (Å²) in [6.45, 7) is 0. The molecule has 2 rings (SSSR count). The molecule has 0 bridgehead atoms. The molecular formula is C14H15N5O3. The zero-order chi connectivity index (χ0) is 15.8. The van der Waals surface area contributed by atoms with Crippen LogP contribution in [0.4, 0.5) is 0 Å². The molecule has 0 aliphatic heterocycles. The van der Waals surface area contributed by atoms with Crippen molar-refractivity contribution in [3.8, 4) is 0 Å². The third-order valence-corrected chi connectivity index (χ3v) is 2.72. The number of allylic oxidation sites excluding steroid dienone is 1. The number of carbonyl (C=O) groups excluding carboxylic acids is 1. The van der Waals surface area contributed by atoms with E-state index >= 15 is 0 Å². The number of aromatic nitrogens is 3. The van der Waals surface area contributed by atoms with Crippen LogP contribution in [0.1, 0.15) is 11.3 Å². The number of aromatic amines is 2. The molecule has 1 aromatic carbocycles. The number of carbonyl (C=O) groups is 1. The molecule has 8 nitrogen and oxygen atoms in total. The van der Waals surface area contributed by atoms with Crippen LogP contribution >= 0.6 is 0 Å². The summed E-state index contributed by atoms with van der Waals surface area (Å²) < 4.78 is 0. The van der Waals surface area contributed by atoms with Crippen molar-refractivity contribution in [1.82, 2.24) is 26.0 Å². The molecule has 0 aliphatic rings. The van der Waals surface area contributed by atoms with Gasteiger partial charge < -0.3 is 5.43 Å². The maximum Gasteiger partial charge on any atom is 0.342 e. The van der Waals surface area contributed by atoms with Crippen LogP contribution in [0, 0.1) is 0 Å². The van der Waals surface area contributed by atoms with Crippen LogP contribution in [0.3, 0.4) is 0 Å². The first kappa shape index (κ1) is 15.2. The van der Waals surface area contributed by atoms with E-state index in [4.69, 9.17) is 0 Å². The monoisotopic (exact) mass is 301 g/mol. The number of nitrogens with zero attached hydrogens (tertiary/aromatic N) is 1. The van der Waals surface area contributed by atoms with Crippen molar-refractivity contribution in [2.75, 3.05) is 0 Å². The molecule has 0 spiro atoms. The predicted molar refractivity (Wildman–Crippen MR) is 79.7 cm³/mol. The summed E-state index contributed by atoms with van der Waals surface area (Å²) in [4.78, 5) is 35.7. The van der Waals surface area contributed by atoms with E-state index in [1.807, 2.05) is 41.4 Å². The molecular weight excluding hydrogens is 286 g/mol. The Kier molecular flexibility index (Phi) is 5.25. The van der Waals surface area contributed by atoms with E-state index in [2.05, 4.69) is 21.0 Å². The number of hydrogen-bond donors (Lipinski definition) is 4.